The summed E-state index contributed by atoms with van der Waals surface area (Å²) in [5.74, 6) is 1.08. The summed E-state index contributed by atoms with van der Waals surface area (Å²) < 4.78 is 5.74. The number of aromatic nitrogens is 2. The summed E-state index contributed by atoms with van der Waals surface area (Å²) in [6.07, 6.45) is 0.900. The average Bonchev–Trinajstić information content (AvgIpc) is 2.88. The molecule has 1 aromatic heterocycles. The van der Waals surface area contributed by atoms with Crippen LogP contribution in [0, 0.1) is 6.92 Å². The third-order valence-electron chi connectivity index (χ3n) is 3.02. The molecule has 2 rings (SSSR count). The summed E-state index contributed by atoms with van der Waals surface area (Å²) in [4.78, 5) is 0. The number of aryl methyl sites for hydroxylation is 1. The number of halogens is 1. The number of benzene rings is 1. The minimum Gasteiger partial charge on any atom is -0.419 e. The second-order valence-electron chi connectivity index (χ2n) is 4.40. The van der Waals surface area contributed by atoms with Gasteiger partial charge in [-0.05, 0) is 31.5 Å². The maximum atomic E-state index is 6.27. The fraction of sp³-hybridized carbons (Fsp3) is 0.429. The molecule has 0 bridgehead atoms. The van der Waals surface area contributed by atoms with Crippen molar-refractivity contribution in [3.05, 3.63) is 34.7 Å². The van der Waals surface area contributed by atoms with Crippen molar-refractivity contribution in [1.29, 1.82) is 0 Å². The molecule has 1 atom stereocenters. The molecule has 0 aliphatic heterocycles. The largest absolute Gasteiger partial charge is 0.419 e. The van der Waals surface area contributed by atoms with E-state index < -0.39 is 0 Å². The smallest absolute Gasteiger partial charge is 0.249 e. The van der Waals surface area contributed by atoms with E-state index in [2.05, 4.69) is 29.4 Å². The van der Waals surface area contributed by atoms with E-state index in [1.165, 1.54) is 0 Å². The van der Waals surface area contributed by atoms with Crippen molar-refractivity contribution in [2.24, 2.45) is 0 Å². The second-order valence-corrected chi connectivity index (χ2v) is 4.78. The van der Waals surface area contributed by atoms with Crippen molar-refractivity contribution in [1.82, 2.24) is 15.5 Å². The molecule has 1 unspecified atom stereocenters. The van der Waals surface area contributed by atoms with E-state index in [1.54, 1.807) is 0 Å². The number of hydrogen-bond donors (Lipinski definition) is 1. The highest BCUT2D eigenvalue weighted by atomic mass is 35.5. The summed E-state index contributed by atoms with van der Waals surface area (Å²) in [5, 5.41) is 12.2. The van der Waals surface area contributed by atoms with Gasteiger partial charge in [-0.1, -0.05) is 37.6 Å². The van der Waals surface area contributed by atoms with Crippen LogP contribution in [-0.2, 0) is 0 Å². The molecular formula is C14H18ClN3O. The van der Waals surface area contributed by atoms with Crippen LogP contribution >= 0.6 is 11.6 Å². The zero-order valence-electron chi connectivity index (χ0n) is 11.4. The third kappa shape index (κ3) is 2.96. The molecule has 2 aromatic rings. The summed E-state index contributed by atoms with van der Waals surface area (Å²) in [5.41, 5.74) is 1.78. The fourth-order valence-corrected chi connectivity index (χ4v) is 2.16. The summed E-state index contributed by atoms with van der Waals surface area (Å²) >= 11 is 6.27. The molecule has 0 saturated heterocycles. The fourth-order valence-electron chi connectivity index (χ4n) is 1.95. The predicted octanol–water partition coefficient (Wildman–Crippen LogP) is 3.76. The molecule has 0 spiro atoms. The number of hydrogen-bond acceptors (Lipinski definition) is 4. The zero-order chi connectivity index (χ0) is 13.8. The predicted molar refractivity (Wildman–Crippen MR) is 76.2 cm³/mol. The monoisotopic (exact) mass is 279 g/mol. The number of nitrogens with zero attached hydrogens (tertiary/aromatic N) is 2. The first-order chi connectivity index (χ1) is 9.17. The van der Waals surface area contributed by atoms with Crippen LogP contribution in [0.4, 0.5) is 0 Å². The molecule has 0 aliphatic carbocycles. The maximum absolute atomic E-state index is 6.27. The van der Waals surface area contributed by atoms with Crippen LogP contribution in [0.3, 0.4) is 0 Å². The van der Waals surface area contributed by atoms with Gasteiger partial charge in [0.1, 0.15) is 0 Å². The third-order valence-corrected chi connectivity index (χ3v) is 3.52. The van der Waals surface area contributed by atoms with Crippen molar-refractivity contribution in [3.8, 4) is 11.5 Å². The van der Waals surface area contributed by atoms with E-state index in [1.807, 2.05) is 25.1 Å². The maximum Gasteiger partial charge on any atom is 0.249 e. The first kappa shape index (κ1) is 14.0. The average molecular weight is 280 g/mol. The van der Waals surface area contributed by atoms with Gasteiger partial charge in [-0.15, -0.1) is 10.2 Å². The SMILES string of the molecule is CCNC(CC)c1nnc(-c2cccc(C)c2Cl)o1. The molecule has 0 saturated carbocycles. The van der Waals surface area contributed by atoms with Crippen LogP contribution in [0.15, 0.2) is 22.6 Å². The van der Waals surface area contributed by atoms with E-state index in [0.29, 0.717) is 16.8 Å². The molecular weight excluding hydrogens is 262 g/mol. The van der Waals surface area contributed by atoms with Gasteiger partial charge >= 0.3 is 0 Å². The Balaban J connectivity index is 2.32. The number of nitrogens with one attached hydrogen (secondary N) is 1. The topological polar surface area (TPSA) is 51.0 Å². The summed E-state index contributed by atoms with van der Waals surface area (Å²) in [7, 11) is 0. The van der Waals surface area contributed by atoms with E-state index in [0.717, 1.165) is 24.1 Å². The number of rotatable bonds is 5. The molecule has 1 aromatic carbocycles. The molecule has 0 radical (unpaired) electrons. The van der Waals surface area contributed by atoms with Gasteiger partial charge < -0.3 is 9.73 Å². The Bertz CT molecular complexity index is 553. The van der Waals surface area contributed by atoms with Gasteiger partial charge in [-0.3, -0.25) is 0 Å². The molecule has 102 valence electrons. The quantitative estimate of drug-likeness (QED) is 0.905. The first-order valence-electron chi connectivity index (χ1n) is 6.49. The highest BCUT2D eigenvalue weighted by Gasteiger charge is 2.18. The Morgan fingerprint density at radius 1 is 1.32 bits per heavy atom. The van der Waals surface area contributed by atoms with E-state index >= 15 is 0 Å². The highest BCUT2D eigenvalue weighted by molar-refractivity contribution is 6.33. The Kier molecular flexibility index (Phi) is 4.56. The molecule has 1 N–H and O–H groups in total. The molecule has 0 aliphatic rings. The minimum atomic E-state index is 0.0924. The second kappa shape index (κ2) is 6.17. The Morgan fingerprint density at radius 3 is 2.79 bits per heavy atom. The van der Waals surface area contributed by atoms with Gasteiger partial charge in [0.2, 0.25) is 11.8 Å². The molecule has 1 heterocycles. The van der Waals surface area contributed by atoms with Gasteiger partial charge in [0.05, 0.1) is 16.6 Å². The zero-order valence-corrected chi connectivity index (χ0v) is 12.2. The van der Waals surface area contributed by atoms with E-state index in [9.17, 15) is 0 Å². The standard InChI is InChI=1S/C14H18ClN3O/c1-4-11(16-5-2)14-18-17-13(19-14)10-8-6-7-9(3)12(10)15/h6-8,11,16H,4-5H2,1-3H3. The lowest BCUT2D eigenvalue weighted by molar-refractivity contribution is 0.402. The van der Waals surface area contributed by atoms with E-state index in [-0.39, 0.29) is 6.04 Å². The Morgan fingerprint density at radius 2 is 2.11 bits per heavy atom. The van der Waals surface area contributed by atoms with Gasteiger partial charge in [0, 0.05) is 0 Å². The molecule has 5 heteroatoms. The van der Waals surface area contributed by atoms with Crippen LogP contribution in [-0.4, -0.2) is 16.7 Å². The molecule has 4 nitrogen and oxygen atoms in total. The van der Waals surface area contributed by atoms with Crippen molar-refractivity contribution in [3.63, 3.8) is 0 Å². The normalized spacial score (nSPS) is 12.6. The van der Waals surface area contributed by atoms with Gasteiger partial charge in [-0.25, -0.2) is 0 Å². The Hall–Kier alpha value is -1.39. The van der Waals surface area contributed by atoms with Gasteiger partial charge in [-0.2, -0.15) is 0 Å². The molecule has 0 amide bonds. The van der Waals surface area contributed by atoms with Crippen molar-refractivity contribution in [2.45, 2.75) is 33.2 Å². The summed E-state index contributed by atoms with van der Waals surface area (Å²) in [6.45, 7) is 6.95. The van der Waals surface area contributed by atoms with Crippen molar-refractivity contribution < 1.29 is 4.42 Å². The van der Waals surface area contributed by atoms with Crippen LogP contribution in [0.1, 0.15) is 37.8 Å². The van der Waals surface area contributed by atoms with Gasteiger partial charge in [0.25, 0.3) is 0 Å². The van der Waals surface area contributed by atoms with Crippen LogP contribution in [0.5, 0.6) is 0 Å². The van der Waals surface area contributed by atoms with Crippen molar-refractivity contribution >= 4 is 11.6 Å². The van der Waals surface area contributed by atoms with Crippen LogP contribution < -0.4 is 5.32 Å². The van der Waals surface area contributed by atoms with Crippen molar-refractivity contribution in [2.75, 3.05) is 6.54 Å². The lowest BCUT2D eigenvalue weighted by Gasteiger charge is -2.10. The lowest BCUT2D eigenvalue weighted by atomic mass is 10.1. The summed E-state index contributed by atoms with van der Waals surface area (Å²) in [6, 6.07) is 5.87. The highest BCUT2D eigenvalue weighted by Crippen LogP contribution is 2.30. The van der Waals surface area contributed by atoms with E-state index in [4.69, 9.17) is 16.0 Å². The lowest BCUT2D eigenvalue weighted by Crippen LogP contribution is -2.20. The van der Waals surface area contributed by atoms with Gasteiger partial charge in [0.15, 0.2) is 0 Å². The van der Waals surface area contributed by atoms with Crippen LogP contribution in [0.25, 0.3) is 11.5 Å². The molecule has 19 heavy (non-hydrogen) atoms. The minimum absolute atomic E-state index is 0.0924. The first-order valence-corrected chi connectivity index (χ1v) is 6.87. The Labute approximate surface area is 118 Å². The molecule has 0 fully saturated rings. The van der Waals surface area contributed by atoms with Crippen LogP contribution in [0.2, 0.25) is 5.02 Å².